The molecule has 2 aromatic rings. The van der Waals surface area contributed by atoms with Crippen molar-refractivity contribution in [1.29, 1.82) is 0 Å². The van der Waals surface area contributed by atoms with Crippen LogP contribution in [0, 0.1) is 25.2 Å². The molecule has 1 amide bonds. The molecule has 0 heterocycles. The van der Waals surface area contributed by atoms with E-state index in [0.717, 1.165) is 11.1 Å². The topological polar surface area (TPSA) is 99.9 Å². The van der Waals surface area contributed by atoms with E-state index in [1.54, 1.807) is 19.2 Å². The number of esters is 1. The maximum absolute atomic E-state index is 12.7. The fourth-order valence-corrected chi connectivity index (χ4v) is 3.48. The highest BCUT2D eigenvalue weighted by Gasteiger charge is 2.24. The van der Waals surface area contributed by atoms with E-state index in [0.29, 0.717) is 37.6 Å². The van der Waals surface area contributed by atoms with E-state index in [-0.39, 0.29) is 30.8 Å². The van der Waals surface area contributed by atoms with Crippen LogP contribution in [0.3, 0.4) is 0 Å². The summed E-state index contributed by atoms with van der Waals surface area (Å²) in [5.41, 5.74) is 9.32. The third kappa shape index (κ3) is 9.25. The summed E-state index contributed by atoms with van der Waals surface area (Å²) >= 11 is 0. The molecule has 3 N–H and O–H groups in total. The lowest BCUT2D eigenvalue weighted by Gasteiger charge is -2.22. The van der Waals surface area contributed by atoms with Crippen LogP contribution in [0.15, 0.2) is 36.4 Å². The number of hydrogen-bond acceptors (Lipinski definition) is 6. The summed E-state index contributed by atoms with van der Waals surface area (Å²) in [6.45, 7) is 11.1. The molecule has 0 saturated carbocycles. The van der Waals surface area contributed by atoms with Crippen LogP contribution in [0.25, 0.3) is 0 Å². The predicted molar refractivity (Wildman–Crippen MR) is 138 cm³/mol. The summed E-state index contributed by atoms with van der Waals surface area (Å²) in [5, 5.41) is 3.01. The molecule has 7 heteroatoms. The molecule has 35 heavy (non-hydrogen) atoms. The van der Waals surface area contributed by atoms with Gasteiger partial charge >= 0.3 is 5.97 Å². The molecular formula is C28H40N2O5. The van der Waals surface area contributed by atoms with Gasteiger partial charge in [-0.05, 0) is 75.4 Å². The van der Waals surface area contributed by atoms with E-state index in [4.69, 9.17) is 19.9 Å². The maximum atomic E-state index is 12.7. The first-order valence-corrected chi connectivity index (χ1v) is 12.0. The molecule has 0 aliphatic heterocycles. The standard InChI is InChI=1S/C28H40N2O5/c1-19-7-8-21(13-20(19)2)14-23(18-35-27(32)28(3,4)5)17-30-26(31)16-22-9-10-24(34-12-11-29)25(15-22)33-6/h7-10,13,15,23H,11-12,14,16-18,29H2,1-6H3,(H,30,31). The second kappa shape index (κ2) is 13.1. The SMILES string of the molecule is COc1cc(CC(=O)NCC(COC(=O)C(C)(C)C)Cc2ccc(C)c(C)c2)ccc1OCCN. The van der Waals surface area contributed by atoms with Crippen LogP contribution in [0.4, 0.5) is 0 Å². The van der Waals surface area contributed by atoms with Crippen molar-refractivity contribution in [1.82, 2.24) is 5.32 Å². The fourth-order valence-electron chi connectivity index (χ4n) is 3.48. The Morgan fingerprint density at radius 2 is 1.71 bits per heavy atom. The number of benzene rings is 2. The highest BCUT2D eigenvalue weighted by molar-refractivity contribution is 5.79. The van der Waals surface area contributed by atoms with E-state index in [9.17, 15) is 9.59 Å². The van der Waals surface area contributed by atoms with Crippen LogP contribution in [-0.2, 0) is 27.2 Å². The fraction of sp³-hybridized carbons (Fsp3) is 0.500. The Bertz CT molecular complexity index is 997. The van der Waals surface area contributed by atoms with Gasteiger partial charge in [0.1, 0.15) is 6.61 Å². The zero-order chi connectivity index (χ0) is 26.0. The molecule has 2 aromatic carbocycles. The predicted octanol–water partition coefficient (Wildman–Crippen LogP) is 3.76. The second-order valence-corrected chi connectivity index (χ2v) is 9.94. The molecule has 0 aromatic heterocycles. The van der Waals surface area contributed by atoms with Crippen molar-refractivity contribution in [2.75, 3.05) is 33.4 Å². The molecule has 0 saturated heterocycles. The van der Waals surface area contributed by atoms with Gasteiger partial charge in [-0.25, -0.2) is 0 Å². The number of amides is 1. The van der Waals surface area contributed by atoms with Crippen molar-refractivity contribution in [3.63, 3.8) is 0 Å². The number of rotatable bonds is 12. The number of carbonyl (C=O) groups excluding carboxylic acids is 2. The molecular weight excluding hydrogens is 444 g/mol. The van der Waals surface area contributed by atoms with Gasteiger partial charge < -0.3 is 25.3 Å². The van der Waals surface area contributed by atoms with Gasteiger partial charge in [-0.2, -0.15) is 0 Å². The Labute approximate surface area is 209 Å². The third-order valence-corrected chi connectivity index (χ3v) is 5.71. The Kier molecular flexibility index (Phi) is 10.6. The highest BCUT2D eigenvalue weighted by atomic mass is 16.5. The van der Waals surface area contributed by atoms with Crippen LogP contribution in [0.5, 0.6) is 11.5 Å². The number of nitrogens with two attached hydrogens (primary N) is 1. The second-order valence-electron chi connectivity index (χ2n) is 9.94. The van der Waals surface area contributed by atoms with Crippen molar-refractivity contribution in [3.8, 4) is 11.5 Å². The van der Waals surface area contributed by atoms with Crippen LogP contribution in [0.1, 0.15) is 43.0 Å². The minimum Gasteiger partial charge on any atom is -0.493 e. The Balaban J connectivity index is 2.03. The van der Waals surface area contributed by atoms with Crippen LogP contribution in [0.2, 0.25) is 0 Å². The molecule has 0 fully saturated rings. The van der Waals surface area contributed by atoms with E-state index in [2.05, 4.69) is 37.4 Å². The van der Waals surface area contributed by atoms with Gasteiger partial charge in [0.15, 0.2) is 11.5 Å². The monoisotopic (exact) mass is 484 g/mol. The van der Waals surface area contributed by atoms with E-state index < -0.39 is 5.41 Å². The Morgan fingerprint density at radius 1 is 1.00 bits per heavy atom. The molecule has 1 unspecified atom stereocenters. The zero-order valence-electron chi connectivity index (χ0n) is 21.9. The highest BCUT2D eigenvalue weighted by Crippen LogP contribution is 2.28. The van der Waals surface area contributed by atoms with Crippen molar-refractivity contribution in [2.45, 2.75) is 47.5 Å². The van der Waals surface area contributed by atoms with Gasteiger partial charge in [-0.1, -0.05) is 24.3 Å². The van der Waals surface area contributed by atoms with E-state index >= 15 is 0 Å². The van der Waals surface area contributed by atoms with Crippen LogP contribution < -0.4 is 20.5 Å². The minimum atomic E-state index is -0.576. The normalized spacial score (nSPS) is 12.1. The number of aryl methyl sites for hydroxylation is 2. The largest absolute Gasteiger partial charge is 0.493 e. The molecule has 1 atom stereocenters. The maximum Gasteiger partial charge on any atom is 0.311 e. The first-order chi connectivity index (χ1) is 16.5. The van der Waals surface area contributed by atoms with E-state index in [1.165, 1.54) is 11.1 Å². The summed E-state index contributed by atoms with van der Waals surface area (Å²) in [6.07, 6.45) is 0.894. The number of carbonyl (C=O) groups is 2. The first kappa shape index (κ1) is 28.2. The van der Waals surface area contributed by atoms with Gasteiger partial charge in [0.2, 0.25) is 5.91 Å². The zero-order valence-corrected chi connectivity index (χ0v) is 21.9. The summed E-state index contributed by atoms with van der Waals surface area (Å²) in [4.78, 5) is 25.0. The van der Waals surface area contributed by atoms with Crippen molar-refractivity contribution in [3.05, 3.63) is 58.7 Å². The lowest BCUT2D eigenvalue weighted by molar-refractivity contribution is -0.154. The van der Waals surface area contributed by atoms with Crippen LogP contribution >= 0.6 is 0 Å². The van der Waals surface area contributed by atoms with Crippen molar-refractivity contribution < 1.29 is 23.8 Å². The molecule has 2 rings (SSSR count). The molecule has 192 valence electrons. The summed E-state index contributed by atoms with van der Waals surface area (Å²) in [6, 6.07) is 11.7. The van der Waals surface area contributed by atoms with Gasteiger partial charge in [0.25, 0.3) is 0 Å². The summed E-state index contributed by atoms with van der Waals surface area (Å²) in [5.74, 6) is 0.739. The van der Waals surface area contributed by atoms with E-state index in [1.807, 2.05) is 26.8 Å². The number of hydrogen-bond donors (Lipinski definition) is 2. The summed E-state index contributed by atoms with van der Waals surface area (Å²) in [7, 11) is 1.56. The Hall–Kier alpha value is -3.06. The van der Waals surface area contributed by atoms with Gasteiger partial charge in [-0.15, -0.1) is 0 Å². The van der Waals surface area contributed by atoms with Crippen molar-refractivity contribution >= 4 is 11.9 Å². The molecule has 0 spiro atoms. The van der Waals surface area contributed by atoms with Gasteiger partial charge in [-0.3, -0.25) is 9.59 Å². The molecule has 0 radical (unpaired) electrons. The summed E-state index contributed by atoms with van der Waals surface area (Å²) < 4.78 is 16.5. The molecule has 0 aliphatic rings. The smallest absolute Gasteiger partial charge is 0.311 e. The van der Waals surface area contributed by atoms with Crippen LogP contribution in [-0.4, -0.2) is 45.3 Å². The number of nitrogens with one attached hydrogen (secondary N) is 1. The third-order valence-electron chi connectivity index (χ3n) is 5.71. The lowest BCUT2D eigenvalue weighted by Crippen LogP contribution is -2.35. The lowest BCUT2D eigenvalue weighted by atomic mass is 9.95. The molecule has 0 bridgehead atoms. The van der Waals surface area contributed by atoms with Gasteiger partial charge in [0.05, 0.1) is 25.6 Å². The molecule has 0 aliphatic carbocycles. The molecule has 7 nitrogen and oxygen atoms in total. The quantitative estimate of drug-likeness (QED) is 0.445. The first-order valence-electron chi connectivity index (χ1n) is 12.0. The van der Waals surface area contributed by atoms with Crippen molar-refractivity contribution in [2.24, 2.45) is 17.1 Å². The number of ether oxygens (including phenoxy) is 3. The number of methoxy groups -OCH3 is 1. The van der Waals surface area contributed by atoms with Gasteiger partial charge in [0, 0.05) is 19.0 Å². The Morgan fingerprint density at radius 3 is 2.34 bits per heavy atom. The average Bonchev–Trinajstić information content (AvgIpc) is 2.81. The minimum absolute atomic E-state index is 0.0473. The average molecular weight is 485 g/mol.